The van der Waals surface area contributed by atoms with Gasteiger partial charge in [0.2, 0.25) is 0 Å². The summed E-state index contributed by atoms with van der Waals surface area (Å²) >= 11 is 0. The van der Waals surface area contributed by atoms with Crippen LogP contribution in [0.2, 0.25) is 0 Å². The molecular formula is C17H15F4N3. The number of halogens is 4. The predicted octanol–water partition coefficient (Wildman–Crippen LogP) is 4.53. The Hall–Kier alpha value is -2.62. The minimum Gasteiger partial charge on any atom is -0.362 e. The maximum Gasteiger partial charge on any atom is 0.433 e. The first-order valence-electron chi connectivity index (χ1n) is 7.21. The topological polar surface area (TPSA) is 39.9 Å². The molecule has 0 N–H and O–H groups in total. The van der Waals surface area contributed by atoms with Gasteiger partial charge in [0, 0.05) is 18.8 Å². The van der Waals surface area contributed by atoms with Crippen molar-refractivity contribution in [2.24, 2.45) is 0 Å². The predicted molar refractivity (Wildman–Crippen MR) is 81.7 cm³/mol. The Balaban J connectivity index is 2.35. The number of anilines is 1. The maximum absolute atomic E-state index is 14.2. The van der Waals surface area contributed by atoms with Gasteiger partial charge < -0.3 is 4.90 Å². The van der Waals surface area contributed by atoms with Crippen molar-refractivity contribution < 1.29 is 17.6 Å². The molecule has 1 aromatic carbocycles. The normalized spacial score (nSPS) is 11.4. The van der Waals surface area contributed by atoms with E-state index in [0.29, 0.717) is 5.56 Å². The Kier molecular flexibility index (Phi) is 5.07. The van der Waals surface area contributed by atoms with E-state index in [9.17, 15) is 17.6 Å². The van der Waals surface area contributed by atoms with Gasteiger partial charge in [0.25, 0.3) is 0 Å². The van der Waals surface area contributed by atoms with Gasteiger partial charge in [-0.05, 0) is 49.7 Å². The molecule has 2 rings (SSSR count). The van der Waals surface area contributed by atoms with E-state index in [0.717, 1.165) is 18.3 Å². The number of nitrogens with zero attached hydrogens (tertiary/aromatic N) is 3. The van der Waals surface area contributed by atoms with E-state index >= 15 is 0 Å². The zero-order valence-electron chi connectivity index (χ0n) is 13.1. The van der Waals surface area contributed by atoms with Gasteiger partial charge in [-0.3, -0.25) is 4.98 Å². The van der Waals surface area contributed by atoms with Crippen LogP contribution in [0.25, 0.3) is 0 Å². The molecular weight excluding hydrogens is 322 g/mol. The standard InChI is InChI=1S/C17H15F4N3/c1-11(2)24(15-4-3-12(9-22)7-14(15)18)10-13-5-6-23-16(8-13)17(19,20)21/h3-8,11H,10H2,1-2H3. The molecule has 24 heavy (non-hydrogen) atoms. The van der Waals surface area contributed by atoms with E-state index in [1.165, 1.54) is 18.2 Å². The van der Waals surface area contributed by atoms with Gasteiger partial charge in [0.05, 0.1) is 17.3 Å². The Labute approximate surface area is 137 Å². The number of rotatable bonds is 4. The van der Waals surface area contributed by atoms with Crippen LogP contribution in [0.1, 0.15) is 30.7 Å². The molecule has 0 radical (unpaired) electrons. The molecule has 7 heteroatoms. The second-order valence-electron chi connectivity index (χ2n) is 5.55. The lowest BCUT2D eigenvalue weighted by Crippen LogP contribution is -2.31. The summed E-state index contributed by atoms with van der Waals surface area (Å²) in [6.45, 7) is 3.71. The van der Waals surface area contributed by atoms with Crippen molar-refractivity contribution in [2.45, 2.75) is 32.6 Å². The summed E-state index contributed by atoms with van der Waals surface area (Å²) in [5, 5.41) is 8.80. The summed E-state index contributed by atoms with van der Waals surface area (Å²) in [5.41, 5.74) is -0.198. The van der Waals surface area contributed by atoms with Crippen LogP contribution in [-0.2, 0) is 12.7 Å². The molecule has 3 nitrogen and oxygen atoms in total. The highest BCUT2D eigenvalue weighted by molar-refractivity contribution is 5.52. The van der Waals surface area contributed by atoms with Crippen molar-refractivity contribution in [3.05, 3.63) is 59.2 Å². The van der Waals surface area contributed by atoms with Gasteiger partial charge in [-0.25, -0.2) is 4.39 Å². The largest absolute Gasteiger partial charge is 0.433 e. The second kappa shape index (κ2) is 6.87. The first kappa shape index (κ1) is 17.7. The van der Waals surface area contributed by atoms with E-state index in [1.807, 2.05) is 19.9 Å². The van der Waals surface area contributed by atoms with Crippen molar-refractivity contribution in [3.8, 4) is 6.07 Å². The Morgan fingerprint density at radius 2 is 1.92 bits per heavy atom. The number of hydrogen-bond donors (Lipinski definition) is 0. The van der Waals surface area contributed by atoms with E-state index in [-0.39, 0.29) is 23.8 Å². The zero-order chi connectivity index (χ0) is 17.9. The second-order valence-corrected chi connectivity index (χ2v) is 5.55. The number of hydrogen-bond acceptors (Lipinski definition) is 3. The van der Waals surface area contributed by atoms with Crippen molar-refractivity contribution in [2.75, 3.05) is 4.90 Å². The van der Waals surface area contributed by atoms with Crippen LogP contribution in [0.15, 0.2) is 36.5 Å². The van der Waals surface area contributed by atoms with E-state index in [1.54, 1.807) is 4.90 Å². The summed E-state index contributed by atoms with van der Waals surface area (Å²) in [6, 6.07) is 8.15. The van der Waals surface area contributed by atoms with Crippen LogP contribution in [0.5, 0.6) is 0 Å². The summed E-state index contributed by atoms with van der Waals surface area (Å²) in [7, 11) is 0. The summed E-state index contributed by atoms with van der Waals surface area (Å²) in [6.07, 6.45) is -3.44. The van der Waals surface area contributed by atoms with Crippen LogP contribution in [0, 0.1) is 17.1 Å². The monoisotopic (exact) mass is 337 g/mol. The minimum atomic E-state index is -4.53. The molecule has 0 aliphatic carbocycles. The average Bonchev–Trinajstić information content (AvgIpc) is 2.52. The van der Waals surface area contributed by atoms with E-state index in [2.05, 4.69) is 4.98 Å². The van der Waals surface area contributed by atoms with Crippen LogP contribution in [0.3, 0.4) is 0 Å². The minimum absolute atomic E-state index is 0.0894. The molecule has 0 unspecified atom stereocenters. The van der Waals surface area contributed by atoms with Crippen LogP contribution in [-0.4, -0.2) is 11.0 Å². The summed E-state index contributed by atoms with van der Waals surface area (Å²) < 4.78 is 52.5. The third-order valence-electron chi connectivity index (χ3n) is 3.48. The molecule has 0 bridgehead atoms. The van der Waals surface area contributed by atoms with E-state index < -0.39 is 17.7 Å². The highest BCUT2D eigenvalue weighted by Gasteiger charge is 2.32. The SMILES string of the molecule is CC(C)N(Cc1ccnc(C(F)(F)F)c1)c1ccc(C#N)cc1F. The Morgan fingerprint density at radius 3 is 2.46 bits per heavy atom. The number of pyridine rings is 1. The molecule has 2 aromatic rings. The highest BCUT2D eigenvalue weighted by atomic mass is 19.4. The molecule has 126 valence electrons. The molecule has 0 atom stereocenters. The van der Waals surface area contributed by atoms with Gasteiger partial charge in [-0.15, -0.1) is 0 Å². The van der Waals surface area contributed by atoms with E-state index in [4.69, 9.17) is 5.26 Å². The fourth-order valence-electron chi connectivity index (χ4n) is 2.28. The lowest BCUT2D eigenvalue weighted by atomic mass is 10.1. The highest BCUT2D eigenvalue weighted by Crippen LogP contribution is 2.29. The first-order chi connectivity index (χ1) is 11.2. The van der Waals surface area contributed by atoms with Crippen molar-refractivity contribution in [1.82, 2.24) is 4.98 Å². The molecule has 1 aromatic heterocycles. The van der Waals surface area contributed by atoms with Gasteiger partial charge in [-0.2, -0.15) is 18.4 Å². The summed E-state index contributed by atoms with van der Waals surface area (Å²) in [4.78, 5) is 4.95. The molecule has 0 saturated carbocycles. The quantitative estimate of drug-likeness (QED) is 0.770. The van der Waals surface area contributed by atoms with Crippen molar-refractivity contribution in [1.29, 1.82) is 5.26 Å². The lowest BCUT2D eigenvalue weighted by molar-refractivity contribution is -0.141. The third-order valence-corrected chi connectivity index (χ3v) is 3.48. The average molecular weight is 337 g/mol. The molecule has 0 saturated heterocycles. The Morgan fingerprint density at radius 1 is 1.21 bits per heavy atom. The fraction of sp³-hybridized carbons (Fsp3) is 0.294. The molecule has 0 amide bonds. The molecule has 0 aliphatic rings. The summed E-state index contributed by atoms with van der Waals surface area (Å²) in [5.74, 6) is -0.590. The lowest BCUT2D eigenvalue weighted by Gasteiger charge is -2.29. The molecule has 0 spiro atoms. The van der Waals surface area contributed by atoms with Gasteiger partial charge >= 0.3 is 6.18 Å². The van der Waals surface area contributed by atoms with Gasteiger partial charge in [-0.1, -0.05) is 0 Å². The smallest absolute Gasteiger partial charge is 0.362 e. The number of nitriles is 1. The van der Waals surface area contributed by atoms with Crippen LogP contribution in [0.4, 0.5) is 23.2 Å². The fourth-order valence-corrected chi connectivity index (χ4v) is 2.28. The van der Waals surface area contributed by atoms with Crippen LogP contribution >= 0.6 is 0 Å². The Bertz CT molecular complexity index is 763. The molecule has 1 heterocycles. The number of aromatic nitrogens is 1. The van der Waals surface area contributed by atoms with Crippen LogP contribution < -0.4 is 4.90 Å². The molecule has 0 aliphatic heterocycles. The van der Waals surface area contributed by atoms with Crippen molar-refractivity contribution >= 4 is 5.69 Å². The zero-order valence-corrected chi connectivity index (χ0v) is 13.1. The third kappa shape index (κ3) is 4.02. The first-order valence-corrected chi connectivity index (χ1v) is 7.21. The molecule has 0 fully saturated rings. The van der Waals surface area contributed by atoms with Gasteiger partial charge in [0.1, 0.15) is 11.5 Å². The van der Waals surface area contributed by atoms with Crippen molar-refractivity contribution in [3.63, 3.8) is 0 Å². The number of benzene rings is 1. The maximum atomic E-state index is 14.2. The number of alkyl halides is 3. The van der Waals surface area contributed by atoms with Gasteiger partial charge in [0.15, 0.2) is 0 Å².